The van der Waals surface area contributed by atoms with Crippen LogP contribution in [0.25, 0.3) is 0 Å². The molecule has 0 aliphatic rings. The van der Waals surface area contributed by atoms with Crippen LogP contribution in [0.15, 0.2) is 42.5 Å². The Morgan fingerprint density at radius 1 is 1.20 bits per heavy atom. The van der Waals surface area contributed by atoms with Gasteiger partial charge in [-0.1, -0.05) is 17.7 Å². The maximum absolute atomic E-state index is 13.2. The first-order chi connectivity index (χ1) is 9.52. The Morgan fingerprint density at radius 2 is 1.95 bits per heavy atom. The lowest BCUT2D eigenvalue weighted by molar-refractivity contribution is -0.114. The molecule has 1 amide bonds. The largest absolute Gasteiger partial charge is 0.381 e. The third kappa shape index (κ3) is 4.24. The Balaban J connectivity index is 2.05. The van der Waals surface area contributed by atoms with Crippen molar-refractivity contribution in [3.8, 4) is 0 Å². The van der Waals surface area contributed by atoms with Crippen molar-refractivity contribution in [2.45, 2.75) is 13.5 Å². The van der Waals surface area contributed by atoms with E-state index in [2.05, 4.69) is 10.6 Å². The Morgan fingerprint density at radius 3 is 2.65 bits per heavy atom. The number of carbonyl (C=O) groups is 1. The van der Waals surface area contributed by atoms with Crippen LogP contribution in [0.4, 0.5) is 15.8 Å². The predicted molar refractivity (Wildman–Crippen MR) is 79.5 cm³/mol. The molecule has 104 valence electrons. The van der Waals surface area contributed by atoms with E-state index in [0.717, 1.165) is 11.3 Å². The third-order valence-corrected chi connectivity index (χ3v) is 2.82. The average Bonchev–Trinajstić information content (AvgIpc) is 2.35. The Kier molecular flexibility index (Phi) is 4.58. The molecule has 3 nitrogen and oxygen atoms in total. The second kappa shape index (κ2) is 6.39. The fourth-order valence-corrected chi connectivity index (χ4v) is 2.07. The molecule has 2 aromatic carbocycles. The fourth-order valence-electron chi connectivity index (χ4n) is 1.83. The molecule has 0 aromatic heterocycles. The summed E-state index contributed by atoms with van der Waals surface area (Å²) in [5, 5.41) is 6.22. The second-order valence-electron chi connectivity index (χ2n) is 4.39. The summed E-state index contributed by atoms with van der Waals surface area (Å²) in [7, 11) is 0. The summed E-state index contributed by atoms with van der Waals surface area (Å²) in [6, 6.07) is 11.7. The van der Waals surface area contributed by atoms with Gasteiger partial charge in [0.2, 0.25) is 5.91 Å². The number of halogens is 2. The van der Waals surface area contributed by atoms with Gasteiger partial charge in [-0.15, -0.1) is 0 Å². The number of nitrogens with one attached hydrogen (secondary N) is 2. The van der Waals surface area contributed by atoms with Gasteiger partial charge in [-0.3, -0.25) is 4.79 Å². The van der Waals surface area contributed by atoms with Gasteiger partial charge in [0.15, 0.2) is 0 Å². The van der Waals surface area contributed by atoms with E-state index < -0.39 is 0 Å². The highest BCUT2D eigenvalue weighted by Crippen LogP contribution is 2.18. The van der Waals surface area contributed by atoms with E-state index in [4.69, 9.17) is 11.6 Å². The normalized spacial score (nSPS) is 10.2. The molecule has 0 fully saturated rings. The van der Waals surface area contributed by atoms with E-state index in [1.54, 1.807) is 12.1 Å². The summed E-state index contributed by atoms with van der Waals surface area (Å²) in [5.74, 6) is -0.486. The van der Waals surface area contributed by atoms with Crippen molar-refractivity contribution < 1.29 is 9.18 Å². The molecule has 2 aromatic rings. The van der Waals surface area contributed by atoms with Crippen molar-refractivity contribution in [2.24, 2.45) is 0 Å². The number of hydrogen-bond donors (Lipinski definition) is 2. The minimum atomic E-state index is -0.360. The van der Waals surface area contributed by atoms with Gasteiger partial charge in [-0.25, -0.2) is 4.39 Å². The molecule has 0 aliphatic heterocycles. The predicted octanol–water partition coefficient (Wildman–Crippen LogP) is 4.05. The SMILES string of the molecule is CC(=O)Nc1cccc(NCc2cc(F)cc(Cl)c2)c1. The highest BCUT2D eigenvalue weighted by molar-refractivity contribution is 6.30. The second-order valence-corrected chi connectivity index (χ2v) is 4.83. The van der Waals surface area contributed by atoms with Crippen molar-refractivity contribution in [3.63, 3.8) is 0 Å². The van der Waals surface area contributed by atoms with Gasteiger partial charge in [0.1, 0.15) is 5.82 Å². The summed E-state index contributed by atoms with van der Waals surface area (Å²) in [6.45, 7) is 1.90. The Labute approximate surface area is 121 Å². The Hall–Kier alpha value is -2.07. The van der Waals surface area contributed by atoms with Crippen LogP contribution in [0.5, 0.6) is 0 Å². The molecule has 0 aliphatic carbocycles. The minimum Gasteiger partial charge on any atom is -0.381 e. The van der Waals surface area contributed by atoms with E-state index in [9.17, 15) is 9.18 Å². The van der Waals surface area contributed by atoms with Crippen molar-refractivity contribution in [3.05, 3.63) is 58.9 Å². The third-order valence-electron chi connectivity index (χ3n) is 2.60. The van der Waals surface area contributed by atoms with Gasteiger partial charge in [-0.05, 0) is 42.0 Å². The number of carbonyl (C=O) groups excluding carboxylic acids is 1. The standard InChI is InChI=1S/C15H14ClFN2O/c1-10(20)19-15-4-2-3-14(8-15)18-9-11-5-12(16)7-13(17)6-11/h2-8,18H,9H2,1H3,(H,19,20). The van der Waals surface area contributed by atoms with E-state index in [0.29, 0.717) is 17.3 Å². The monoisotopic (exact) mass is 292 g/mol. The molecule has 0 saturated carbocycles. The van der Waals surface area contributed by atoms with Crippen molar-refractivity contribution in [1.29, 1.82) is 0 Å². The maximum atomic E-state index is 13.2. The Bertz CT molecular complexity index is 611. The van der Waals surface area contributed by atoms with Gasteiger partial charge < -0.3 is 10.6 Å². The molecule has 0 heterocycles. The van der Waals surface area contributed by atoms with E-state index in [1.807, 2.05) is 18.2 Å². The molecule has 0 atom stereocenters. The topological polar surface area (TPSA) is 41.1 Å². The van der Waals surface area contributed by atoms with Crippen LogP contribution in [0.1, 0.15) is 12.5 Å². The van der Waals surface area contributed by atoms with Crippen LogP contribution < -0.4 is 10.6 Å². The molecule has 2 rings (SSSR count). The highest BCUT2D eigenvalue weighted by Gasteiger charge is 2.01. The number of hydrogen-bond acceptors (Lipinski definition) is 2. The minimum absolute atomic E-state index is 0.126. The number of amides is 1. The summed E-state index contributed by atoms with van der Waals surface area (Å²) in [4.78, 5) is 11.0. The molecule has 0 unspecified atom stereocenters. The summed E-state index contributed by atoms with van der Waals surface area (Å²) < 4.78 is 13.2. The molecular formula is C15H14ClFN2O. The lowest BCUT2D eigenvalue weighted by atomic mass is 10.2. The molecule has 2 N–H and O–H groups in total. The van der Waals surface area contributed by atoms with Gasteiger partial charge in [-0.2, -0.15) is 0 Å². The average molecular weight is 293 g/mol. The summed E-state index contributed by atoms with van der Waals surface area (Å²) >= 11 is 5.80. The maximum Gasteiger partial charge on any atom is 0.221 e. The molecule has 0 spiro atoms. The fraction of sp³-hybridized carbons (Fsp3) is 0.133. The van der Waals surface area contributed by atoms with Crippen LogP contribution in [0.2, 0.25) is 5.02 Å². The van der Waals surface area contributed by atoms with Crippen molar-refractivity contribution in [1.82, 2.24) is 0 Å². The van der Waals surface area contributed by atoms with Crippen LogP contribution in [-0.2, 0) is 11.3 Å². The first-order valence-electron chi connectivity index (χ1n) is 6.09. The number of rotatable bonds is 4. The molecule has 5 heteroatoms. The van der Waals surface area contributed by atoms with Gasteiger partial charge in [0, 0.05) is 29.9 Å². The molecule has 0 radical (unpaired) electrons. The van der Waals surface area contributed by atoms with Gasteiger partial charge >= 0.3 is 0 Å². The summed E-state index contributed by atoms with van der Waals surface area (Å²) in [5.41, 5.74) is 2.29. The van der Waals surface area contributed by atoms with Crippen LogP contribution in [0, 0.1) is 5.82 Å². The lowest BCUT2D eigenvalue weighted by Crippen LogP contribution is -2.06. The van der Waals surface area contributed by atoms with Crippen molar-refractivity contribution >= 4 is 28.9 Å². The van der Waals surface area contributed by atoms with Gasteiger partial charge in [0.25, 0.3) is 0 Å². The molecule has 0 saturated heterocycles. The number of benzene rings is 2. The first kappa shape index (κ1) is 14.3. The summed E-state index contributed by atoms with van der Waals surface area (Å²) in [6.07, 6.45) is 0. The first-order valence-corrected chi connectivity index (χ1v) is 6.47. The van der Waals surface area contributed by atoms with Crippen LogP contribution in [0.3, 0.4) is 0 Å². The highest BCUT2D eigenvalue weighted by atomic mass is 35.5. The zero-order valence-electron chi connectivity index (χ0n) is 10.9. The van der Waals surface area contributed by atoms with Gasteiger partial charge in [0.05, 0.1) is 0 Å². The zero-order chi connectivity index (χ0) is 14.5. The lowest BCUT2D eigenvalue weighted by Gasteiger charge is -2.09. The molecule has 20 heavy (non-hydrogen) atoms. The smallest absolute Gasteiger partial charge is 0.221 e. The molecular weight excluding hydrogens is 279 g/mol. The van der Waals surface area contributed by atoms with E-state index in [1.165, 1.54) is 19.1 Å². The van der Waals surface area contributed by atoms with Crippen LogP contribution in [-0.4, -0.2) is 5.91 Å². The quantitative estimate of drug-likeness (QED) is 0.892. The van der Waals surface area contributed by atoms with Crippen LogP contribution >= 0.6 is 11.6 Å². The van der Waals surface area contributed by atoms with Crippen molar-refractivity contribution in [2.75, 3.05) is 10.6 Å². The number of anilines is 2. The zero-order valence-corrected chi connectivity index (χ0v) is 11.7. The van der Waals surface area contributed by atoms with E-state index >= 15 is 0 Å². The molecule has 0 bridgehead atoms. The van der Waals surface area contributed by atoms with E-state index in [-0.39, 0.29) is 11.7 Å².